The van der Waals surface area contributed by atoms with Gasteiger partial charge in [-0.3, -0.25) is 9.59 Å². The van der Waals surface area contributed by atoms with Gasteiger partial charge in [0.05, 0.1) is 10.4 Å². The highest BCUT2D eigenvalue weighted by Crippen LogP contribution is 2.47. The number of carbonyl (C=O) groups excluding carboxylic acids is 2. The minimum absolute atomic E-state index is 0.0290. The number of hydrogen-bond acceptors (Lipinski definition) is 5. The fourth-order valence-corrected chi connectivity index (χ4v) is 5.75. The topological polar surface area (TPSA) is 56.8 Å². The predicted molar refractivity (Wildman–Crippen MR) is 103 cm³/mol. The van der Waals surface area contributed by atoms with Crippen molar-refractivity contribution in [2.75, 3.05) is 36.8 Å². The highest BCUT2D eigenvalue weighted by molar-refractivity contribution is 8.01. The number of thioether (sulfide) groups is 1. The maximum atomic E-state index is 13.1. The number of amides is 2. The summed E-state index contributed by atoms with van der Waals surface area (Å²) >= 11 is 1.67. The quantitative estimate of drug-likeness (QED) is 0.725. The molecule has 1 aromatic heterocycles. The van der Waals surface area contributed by atoms with Crippen LogP contribution in [0.3, 0.4) is 0 Å². The molecule has 29 heavy (non-hydrogen) atoms. The van der Waals surface area contributed by atoms with Crippen LogP contribution >= 0.6 is 11.8 Å². The smallest absolute Gasteiger partial charge is 0.355 e. The van der Waals surface area contributed by atoms with Gasteiger partial charge in [-0.2, -0.15) is 13.2 Å². The molecule has 0 radical (unpaired) electrons. The van der Waals surface area contributed by atoms with E-state index in [9.17, 15) is 22.8 Å². The molecule has 3 aliphatic rings. The summed E-state index contributed by atoms with van der Waals surface area (Å²) in [6.45, 7) is 4.16. The normalized spacial score (nSPS) is 27.9. The van der Waals surface area contributed by atoms with Crippen LogP contribution in [0.5, 0.6) is 0 Å². The molecule has 3 saturated heterocycles. The van der Waals surface area contributed by atoms with Gasteiger partial charge in [-0.25, -0.2) is 4.98 Å². The van der Waals surface area contributed by atoms with Crippen LogP contribution in [0.1, 0.15) is 31.7 Å². The molecule has 10 heteroatoms. The lowest BCUT2D eigenvalue weighted by Gasteiger charge is -2.32. The molecule has 0 N–H and O–H groups in total. The molecular weight excluding hydrogens is 405 g/mol. The Morgan fingerprint density at radius 1 is 1.24 bits per heavy atom. The second kappa shape index (κ2) is 7.37. The molecule has 0 saturated carbocycles. The first-order chi connectivity index (χ1) is 13.7. The Labute approximate surface area is 171 Å². The number of alkyl halides is 3. The number of hydrogen-bond donors (Lipinski definition) is 0. The van der Waals surface area contributed by atoms with E-state index in [1.54, 1.807) is 21.6 Å². The molecule has 158 valence electrons. The van der Waals surface area contributed by atoms with Gasteiger partial charge in [-0.15, -0.1) is 11.8 Å². The van der Waals surface area contributed by atoms with Gasteiger partial charge in [-0.1, -0.05) is 0 Å². The van der Waals surface area contributed by atoms with Gasteiger partial charge >= 0.3 is 6.18 Å². The molecular formula is C19H23F3N4O2S. The van der Waals surface area contributed by atoms with E-state index in [1.165, 1.54) is 6.07 Å². The number of pyridine rings is 1. The average Bonchev–Trinajstić information content (AvgIpc) is 3.04. The number of nitrogens with zero attached hydrogens (tertiary/aromatic N) is 4. The Morgan fingerprint density at radius 2 is 2.03 bits per heavy atom. The number of fused-ring (bicyclic) bond motifs is 1. The summed E-state index contributed by atoms with van der Waals surface area (Å²) in [5.74, 6) is 1.10. The van der Waals surface area contributed by atoms with Crippen molar-refractivity contribution in [2.24, 2.45) is 0 Å². The first kappa shape index (κ1) is 20.3. The number of aromatic nitrogens is 1. The summed E-state index contributed by atoms with van der Waals surface area (Å²) in [4.78, 5) is 34.6. The van der Waals surface area contributed by atoms with Crippen LogP contribution < -0.4 is 4.90 Å². The first-order valence-corrected chi connectivity index (χ1v) is 10.7. The van der Waals surface area contributed by atoms with Crippen molar-refractivity contribution in [1.82, 2.24) is 14.8 Å². The average molecular weight is 428 g/mol. The van der Waals surface area contributed by atoms with Crippen LogP contribution in [-0.4, -0.2) is 69.4 Å². The molecule has 4 heterocycles. The van der Waals surface area contributed by atoms with Crippen LogP contribution in [0.15, 0.2) is 18.3 Å². The highest BCUT2D eigenvalue weighted by Gasteiger charge is 2.53. The van der Waals surface area contributed by atoms with Crippen LogP contribution in [-0.2, 0) is 15.8 Å². The third kappa shape index (κ3) is 3.78. The second-order valence-electron chi connectivity index (χ2n) is 7.83. The Kier molecular flexibility index (Phi) is 5.16. The summed E-state index contributed by atoms with van der Waals surface area (Å²) < 4.78 is 38.2. The third-order valence-electron chi connectivity index (χ3n) is 5.94. The van der Waals surface area contributed by atoms with Gasteiger partial charge < -0.3 is 14.7 Å². The predicted octanol–water partition coefficient (Wildman–Crippen LogP) is 2.59. The standard InChI is InChI=1S/C19H23F3N4O2S/c1-18-6-5-16(27)26(18)14(12-29-18)17(28)25-8-2-7-24(9-10-25)15-4-3-13(11-23-15)19(20,21)22/h3-4,11,14H,2,5-10,12H2,1H3/t14-,18+/m0/s1. The van der Waals surface area contributed by atoms with E-state index >= 15 is 0 Å². The van der Waals surface area contributed by atoms with Gasteiger partial charge in [0.25, 0.3) is 0 Å². The van der Waals surface area contributed by atoms with Crippen LogP contribution in [0.4, 0.5) is 19.0 Å². The van der Waals surface area contributed by atoms with Crippen molar-refractivity contribution < 1.29 is 22.8 Å². The Bertz CT molecular complexity index is 804. The third-order valence-corrected chi connectivity index (χ3v) is 7.44. The van der Waals surface area contributed by atoms with E-state index in [4.69, 9.17) is 0 Å². The van der Waals surface area contributed by atoms with E-state index in [2.05, 4.69) is 4.98 Å². The van der Waals surface area contributed by atoms with Gasteiger partial charge in [0.1, 0.15) is 11.9 Å². The molecule has 0 bridgehead atoms. The Hall–Kier alpha value is -1.97. The summed E-state index contributed by atoms with van der Waals surface area (Å²) in [5.41, 5.74) is -0.773. The van der Waals surface area contributed by atoms with Crippen molar-refractivity contribution in [3.63, 3.8) is 0 Å². The molecule has 0 aliphatic carbocycles. The summed E-state index contributed by atoms with van der Waals surface area (Å²) in [6.07, 6.45) is -1.61. The van der Waals surface area contributed by atoms with Crippen LogP contribution in [0.2, 0.25) is 0 Å². The molecule has 0 spiro atoms. The zero-order valence-corrected chi connectivity index (χ0v) is 16.9. The number of carbonyl (C=O) groups is 2. The van der Waals surface area contributed by atoms with Crippen molar-refractivity contribution in [1.29, 1.82) is 0 Å². The summed E-state index contributed by atoms with van der Waals surface area (Å²) in [6, 6.07) is 1.99. The molecule has 6 nitrogen and oxygen atoms in total. The largest absolute Gasteiger partial charge is 0.417 e. The van der Waals surface area contributed by atoms with E-state index in [0.29, 0.717) is 50.6 Å². The fraction of sp³-hybridized carbons (Fsp3) is 0.632. The lowest BCUT2D eigenvalue weighted by atomic mass is 10.2. The number of rotatable bonds is 2. The lowest BCUT2D eigenvalue weighted by molar-refractivity contribution is -0.143. The zero-order valence-electron chi connectivity index (χ0n) is 16.1. The van der Waals surface area contributed by atoms with Crippen molar-refractivity contribution in [2.45, 2.75) is 43.3 Å². The molecule has 4 rings (SSSR count). The highest BCUT2D eigenvalue weighted by atomic mass is 32.2. The minimum Gasteiger partial charge on any atom is -0.355 e. The van der Waals surface area contributed by atoms with E-state index < -0.39 is 17.8 Å². The monoisotopic (exact) mass is 428 g/mol. The van der Waals surface area contributed by atoms with Gasteiger partial charge in [0.2, 0.25) is 11.8 Å². The van der Waals surface area contributed by atoms with Gasteiger partial charge in [-0.05, 0) is 31.9 Å². The zero-order chi connectivity index (χ0) is 20.8. The molecule has 3 aliphatic heterocycles. The van der Waals surface area contributed by atoms with E-state index in [-0.39, 0.29) is 16.7 Å². The second-order valence-corrected chi connectivity index (χ2v) is 9.34. The van der Waals surface area contributed by atoms with E-state index in [0.717, 1.165) is 18.7 Å². The van der Waals surface area contributed by atoms with Crippen molar-refractivity contribution in [3.05, 3.63) is 23.9 Å². The number of halogens is 3. The van der Waals surface area contributed by atoms with Crippen molar-refractivity contribution >= 4 is 29.4 Å². The molecule has 2 amide bonds. The Morgan fingerprint density at radius 3 is 2.72 bits per heavy atom. The summed E-state index contributed by atoms with van der Waals surface area (Å²) in [7, 11) is 0. The molecule has 0 unspecified atom stereocenters. The SMILES string of the molecule is C[C@@]12CCC(=O)N1[C@H](C(=O)N1CCCN(c3ccc(C(F)(F)F)cn3)CC1)CS2. The summed E-state index contributed by atoms with van der Waals surface area (Å²) in [5, 5.41) is 0. The number of anilines is 1. The maximum absolute atomic E-state index is 13.1. The van der Waals surface area contributed by atoms with Crippen LogP contribution in [0, 0.1) is 0 Å². The van der Waals surface area contributed by atoms with Gasteiger partial charge in [0.15, 0.2) is 0 Å². The van der Waals surface area contributed by atoms with Crippen LogP contribution in [0.25, 0.3) is 0 Å². The molecule has 0 aromatic carbocycles. The lowest BCUT2D eigenvalue weighted by Crippen LogP contribution is -2.52. The molecule has 3 fully saturated rings. The van der Waals surface area contributed by atoms with Gasteiger partial charge in [0, 0.05) is 44.5 Å². The maximum Gasteiger partial charge on any atom is 0.417 e. The minimum atomic E-state index is -4.41. The Balaban J connectivity index is 1.41. The fourth-order valence-electron chi connectivity index (χ4n) is 4.32. The van der Waals surface area contributed by atoms with E-state index in [1.807, 2.05) is 11.8 Å². The molecule has 2 atom stereocenters. The molecule has 1 aromatic rings. The first-order valence-electron chi connectivity index (χ1n) is 9.72. The van der Waals surface area contributed by atoms with Crippen molar-refractivity contribution in [3.8, 4) is 0 Å².